The van der Waals surface area contributed by atoms with E-state index in [4.69, 9.17) is 0 Å². The van der Waals surface area contributed by atoms with E-state index in [1.54, 1.807) is 6.07 Å². The Morgan fingerprint density at radius 1 is 1.12 bits per heavy atom. The molecule has 2 bridgehead atoms. The molecule has 0 saturated carbocycles. The maximum atomic E-state index is 13.6. The van der Waals surface area contributed by atoms with Crippen LogP contribution in [0.4, 0.5) is 0 Å². The van der Waals surface area contributed by atoms with Crippen molar-refractivity contribution < 1.29 is 9.90 Å². The fourth-order valence-electron chi connectivity index (χ4n) is 6.11. The number of nitrogens with zero attached hydrogens (tertiary/aromatic N) is 2. The minimum Gasteiger partial charge on any atom is -0.508 e. The van der Waals surface area contributed by atoms with E-state index in [-0.39, 0.29) is 22.8 Å². The van der Waals surface area contributed by atoms with Gasteiger partial charge in [-0.2, -0.15) is 0 Å². The van der Waals surface area contributed by atoms with Crippen molar-refractivity contribution in [1.29, 1.82) is 0 Å². The second-order valence-electron chi connectivity index (χ2n) is 11.0. The fourth-order valence-corrected chi connectivity index (χ4v) is 6.11. The predicted molar refractivity (Wildman–Crippen MR) is 135 cm³/mol. The number of piperidine rings is 1. The van der Waals surface area contributed by atoms with Gasteiger partial charge in [0.05, 0.1) is 0 Å². The van der Waals surface area contributed by atoms with Crippen molar-refractivity contribution in [1.82, 2.24) is 9.80 Å². The minimum absolute atomic E-state index is 0.0625. The highest BCUT2D eigenvalue weighted by molar-refractivity contribution is 5.94. The molecule has 0 unspecified atom stereocenters. The molecule has 2 aromatic carbocycles. The van der Waals surface area contributed by atoms with Gasteiger partial charge in [0, 0.05) is 30.1 Å². The predicted octanol–water partition coefficient (Wildman–Crippen LogP) is 5.77. The van der Waals surface area contributed by atoms with Crippen molar-refractivity contribution in [2.45, 2.75) is 77.8 Å². The van der Waals surface area contributed by atoms with Gasteiger partial charge in [-0.1, -0.05) is 64.8 Å². The molecular weight excluding hydrogens is 408 g/mol. The van der Waals surface area contributed by atoms with Crippen molar-refractivity contribution >= 4 is 5.91 Å². The summed E-state index contributed by atoms with van der Waals surface area (Å²) in [5.41, 5.74) is 4.13. The lowest BCUT2D eigenvalue weighted by molar-refractivity contribution is -0.0266. The molecule has 2 aromatic rings. The van der Waals surface area contributed by atoms with E-state index in [1.165, 1.54) is 30.4 Å². The first-order valence-electron chi connectivity index (χ1n) is 12.6. The van der Waals surface area contributed by atoms with Crippen molar-refractivity contribution in [3.63, 3.8) is 0 Å². The van der Waals surface area contributed by atoms with Gasteiger partial charge in [-0.15, -0.1) is 0 Å². The number of fused-ring (bicyclic) bond motifs is 4. The van der Waals surface area contributed by atoms with E-state index in [0.29, 0.717) is 12.2 Å². The SMILES string of the molecule is CCCCCN(C)Cc1ccc(C(=O)N2CC[C@@]3(C)c4cccc(O)c4C[C@@H]2C3(C)C)cc1. The van der Waals surface area contributed by atoms with E-state index in [2.05, 4.69) is 62.7 Å². The maximum absolute atomic E-state index is 13.6. The number of hydrogen-bond donors (Lipinski definition) is 1. The van der Waals surface area contributed by atoms with Crippen molar-refractivity contribution in [2.24, 2.45) is 5.41 Å². The summed E-state index contributed by atoms with van der Waals surface area (Å²) >= 11 is 0. The van der Waals surface area contributed by atoms with Gasteiger partial charge in [0.25, 0.3) is 5.91 Å². The summed E-state index contributed by atoms with van der Waals surface area (Å²) in [6, 6.07) is 14.2. The summed E-state index contributed by atoms with van der Waals surface area (Å²) in [5, 5.41) is 10.6. The quantitative estimate of drug-likeness (QED) is 0.547. The normalized spacial score (nSPS) is 23.5. The molecule has 4 nitrogen and oxygen atoms in total. The van der Waals surface area contributed by atoms with Crippen LogP contribution >= 0.6 is 0 Å². The van der Waals surface area contributed by atoms with Gasteiger partial charge in [-0.25, -0.2) is 0 Å². The van der Waals surface area contributed by atoms with Crippen LogP contribution in [0.2, 0.25) is 0 Å². The second kappa shape index (κ2) is 9.13. The average Bonchev–Trinajstić information content (AvgIpc) is 2.77. The smallest absolute Gasteiger partial charge is 0.254 e. The number of benzene rings is 2. The molecule has 0 spiro atoms. The van der Waals surface area contributed by atoms with Gasteiger partial charge in [0.1, 0.15) is 5.75 Å². The molecular formula is C29H40N2O2. The first kappa shape index (κ1) is 23.8. The highest BCUT2D eigenvalue weighted by Gasteiger charge is 2.57. The largest absolute Gasteiger partial charge is 0.508 e. The molecule has 33 heavy (non-hydrogen) atoms. The number of likely N-dealkylation sites (tertiary alicyclic amines) is 1. The van der Waals surface area contributed by atoms with E-state index in [9.17, 15) is 9.90 Å². The standard InChI is InChI=1S/C29H40N2O2/c1-6-7-8-17-30(5)20-21-12-14-22(15-13-21)27(33)31-18-16-29(4)24-10-9-11-25(32)23(24)19-26(31)28(29,2)3/h9-15,26,32H,6-8,16-20H2,1-5H3/t26-,29+/m1/s1. The molecule has 1 aliphatic heterocycles. The Morgan fingerprint density at radius 3 is 2.55 bits per heavy atom. The molecule has 1 fully saturated rings. The molecule has 2 aliphatic rings. The Labute approximate surface area is 199 Å². The summed E-state index contributed by atoms with van der Waals surface area (Å²) in [5.74, 6) is 0.470. The number of amides is 1. The van der Waals surface area contributed by atoms with E-state index < -0.39 is 0 Å². The number of rotatable bonds is 7. The molecule has 4 rings (SSSR count). The Kier molecular flexibility index (Phi) is 6.59. The van der Waals surface area contributed by atoms with Crippen LogP contribution in [0.3, 0.4) is 0 Å². The van der Waals surface area contributed by atoms with Crippen molar-refractivity contribution in [3.05, 3.63) is 64.7 Å². The molecule has 1 amide bonds. The van der Waals surface area contributed by atoms with Gasteiger partial charge < -0.3 is 14.9 Å². The van der Waals surface area contributed by atoms with Gasteiger partial charge in [-0.3, -0.25) is 4.79 Å². The maximum Gasteiger partial charge on any atom is 0.254 e. The first-order valence-corrected chi connectivity index (χ1v) is 12.6. The monoisotopic (exact) mass is 448 g/mol. The van der Waals surface area contributed by atoms with Crippen LogP contribution in [-0.2, 0) is 18.4 Å². The zero-order valence-corrected chi connectivity index (χ0v) is 21.0. The fraction of sp³-hybridized carbons (Fsp3) is 0.552. The lowest BCUT2D eigenvalue weighted by Crippen LogP contribution is -2.64. The van der Waals surface area contributed by atoms with Crippen LogP contribution in [0.1, 0.15) is 80.4 Å². The summed E-state index contributed by atoms with van der Waals surface area (Å²) < 4.78 is 0. The third-order valence-electron chi connectivity index (χ3n) is 8.68. The highest BCUT2D eigenvalue weighted by Crippen LogP contribution is 2.57. The lowest BCUT2D eigenvalue weighted by atomic mass is 9.51. The van der Waals surface area contributed by atoms with E-state index >= 15 is 0 Å². The molecule has 2 atom stereocenters. The Bertz CT molecular complexity index is 997. The number of hydrogen-bond acceptors (Lipinski definition) is 3. The Hall–Kier alpha value is -2.33. The number of carbonyl (C=O) groups excluding carboxylic acids is 1. The van der Waals surface area contributed by atoms with Gasteiger partial charge in [0.2, 0.25) is 0 Å². The summed E-state index contributed by atoms with van der Waals surface area (Å²) in [4.78, 5) is 18.1. The lowest BCUT2D eigenvalue weighted by Gasteiger charge is -2.60. The van der Waals surface area contributed by atoms with Crippen LogP contribution in [0.5, 0.6) is 5.75 Å². The topological polar surface area (TPSA) is 43.8 Å². The second-order valence-corrected chi connectivity index (χ2v) is 11.0. The number of phenols is 1. The third-order valence-corrected chi connectivity index (χ3v) is 8.68. The number of unbranched alkanes of at least 4 members (excludes halogenated alkanes) is 2. The van der Waals surface area contributed by atoms with E-state index in [1.807, 2.05) is 18.2 Å². The van der Waals surface area contributed by atoms with Crippen LogP contribution in [0.25, 0.3) is 0 Å². The number of aromatic hydroxyl groups is 1. The molecule has 1 N–H and O–H groups in total. The summed E-state index contributed by atoms with van der Waals surface area (Å²) in [7, 11) is 2.16. The van der Waals surface area contributed by atoms with Gasteiger partial charge in [-0.05, 0) is 73.2 Å². The number of carbonyl (C=O) groups is 1. The van der Waals surface area contributed by atoms with Gasteiger partial charge >= 0.3 is 0 Å². The summed E-state index contributed by atoms with van der Waals surface area (Å²) in [6.07, 6.45) is 5.35. The van der Waals surface area contributed by atoms with Crippen LogP contribution in [0.15, 0.2) is 42.5 Å². The van der Waals surface area contributed by atoms with Crippen molar-refractivity contribution in [2.75, 3.05) is 20.1 Å². The zero-order valence-electron chi connectivity index (χ0n) is 21.0. The first-order chi connectivity index (χ1) is 15.7. The number of phenolic OH excluding ortho intramolecular Hbond substituents is 1. The van der Waals surface area contributed by atoms with E-state index in [0.717, 1.165) is 37.2 Å². The van der Waals surface area contributed by atoms with Crippen molar-refractivity contribution in [3.8, 4) is 5.75 Å². The zero-order chi connectivity index (χ0) is 23.8. The molecule has 1 aliphatic carbocycles. The molecule has 1 heterocycles. The molecule has 0 radical (unpaired) electrons. The Morgan fingerprint density at radius 2 is 1.85 bits per heavy atom. The highest BCUT2D eigenvalue weighted by atomic mass is 16.3. The van der Waals surface area contributed by atoms with Gasteiger partial charge in [0.15, 0.2) is 0 Å². The molecule has 0 aromatic heterocycles. The average molecular weight is 449 g/mol. The van der Waals surface area contributed by atoms with Crippen LogP contribution < -0.4 is 0 Å². The molecule has 178 valence electrons. The molecule has 1 saturated heterocycles. The Balaban J connectivity index is 1.52. The summed E-state index contributed by atoms with van der Waals surface area (Å²) in [6.45, 7) is 11.9. The third kappa shape index (κ3) is 4.19. The van der Waals surface area contributed by atoms with Crippen LogP contribution in [0, 0.1) is 5.41 Å². The molecule has 4 heteroatoms. The van der Waals surface area contributed by atoms with Crippen LogP contribution in [-0.4, -0.2) is 47.0 Å². The minimum atomic E-state index is -0.0805.